The number of nitrogens with zero attached hydrogens (tertiary/aromatic N) is 4. The average molecular weight is 347 g/mol. The molecule has 0 radical (unpaired) electrons. The van der Waals surface area contributed by atoms with E-state index in [9.17, 15) is 4.79 Å². The van der Waals surface area contributed by atoms with Gasteiger partial charge < -0.3 is 0 Å². The second kappa shape index (κ2) is 6.48. The normalized spacial score (nSPS) is 17.9. The van der Waals surface area contributed by atoms with Gasteiger partial charge in [-0.2, -0.15) is 20.3 Å². The molecule has 0 bridgehead atoms. The summed E-state index contributed by atoms with van der Waals surface area (Å²) in [6, 6.07) is 13.3. The predicted octanol–water partition coefficient (Wildman–Crippen LogP) is 4.87. The Morgan fingerprint density at radius 2 is 1.87 bits per heavy atom. The van der Waals surface area contributed by atoms with E-state index in [0.29, 0.717) is 27.1 Å². The zero-order valence-electron chi connectivity index (χ0n) is 12.1. The van der Waals surface area contributed by atoms with Crippen LogP contribution in [0.15, 0.2) is 63.9 Å². The van der Waals surface area contributed by atoms with Crippen LogP contribution in [0.3, 0.4) is 0 Å². The van der Waals surface area contributed by atoms with E-state index in [1.807, 2.05) is 30.3 Å². The molecule has 2 aromatic carbocycles. The third kappa shape index (κ3) is 3.25. The van der Waals surface area contributed by atoms with Gasteiger partial charge in [0.05, 0.1) is 16.4 Å². The number of amides is 1. The summed E-state index contributed by atoms with van der Waals surface area (Å²) in [5, 5.41) is 14.6. The van der Waals surface area contributed by atoms with Gasteiger partial charge in [-0.05, 0) is 37.3 Å². The largest absolute Gasteiger partial charge is 0.280 e. The van der Waals surface area contributed by atoms with E-state index < -0.39 is 6.04 Å². The zero-order chi connectivity index (χ0) is 16.4. The number of rotatable bonds is 3. The molecule has 1 heterocycles. The van der Waals surface area contributed by atoms with Gasteiger partial charge in [-0.15, -0.1) is 0 Å². The standard InChI is InChI=1S/C16H12Cl2N4O/c1-10-15(20-19-14-8-7-11(17)9-13(14)18)16(23)22(21-10)12-5-3-2-4-6-12/h2-9,15H,1H3/t15-/m0/s1. The highest BCUT2D eigenvalue weighted by molar-refractivity contribution is 6.36. The smallest absolute Gasteiger partial charge is 0.269 e. The molecular formula is C16H12Cl2N4O. The first-order valence-corrected chi connectivity index (χ1v) is 7.62. The fourth-order valence-corrected chi connectivity index (χ4v) is 2.57. The van der Waals surface area contributed by atoms with E-state index in [1.54, 1.807) is 25.1 Å². The van der Waals surface area contributed by atoms with Crippen LogP contribution in [0.25, 0.3) is 0 Å². The summed E-state index contributed by atoms with van der Waals surface area (Å²) in [4.78, 5) is 12.5. The van der Waals surface area contributed by atoms with Gasteiger partial charge in [0.1, 0.15) is 5.69 Å². The number of carbonyl (C=O) groups is 1. The Balaban J connectivity index is 1.83. The minimum absolute atomic E-state index is 0.248. The molecule has 0 spiro atoms. The lowest BCUT2D eigenvalue weighted by Gasteiger charge is -2.11. The third-order valence-electron chi connectivity index (χ3n) is 3.29. The average Bonchev–Trinajstić information content (AvgIpc) is 2.82. The number of benzene rings is 2. The van der Waals surface area contributed by atoms with Gasteiger partial charge in [0, 0.05) is 5.02 Å². The number of hydrogen-bond donors (Lipinski definition) is 0. The van der Waals surface area contributed by atoms with Gasteiger partial charge in [-0.1, -0.05) is 41.4 Å². The van der Waals surface area contributed by atoms with E-state index in [-0.39, 0.29) is 5.91 Å². The summed E-state index contributed by atoms with van der Waals surface area (Å²) in [6.07, 6.45) is 0. The molecule has 0 N–H and O–H groups in total. The minimum atomic E-state index is -0.748. The monoisotopic (exact) mass is 346 g/mol. The maximum absolute atomic E-state index is 12.5. The molecule has 0 aliphatic carbocycles. The van der Waals surface area contributed by atoms with Crippen LogP contribution in [-0.2, 0) is 4.79 Å². The molecule has 2 aromatic rings. The van der Waals surface area contributed by atoms with Crippen molar-refractivity contribution < 1.29 is 4.79 Å². The quantitative estimate of drug-likeness (QED) is 0.731. The predicted molar refractivity (Wildman–Crippen MR) is 91.8 cm³/mol. The number of halogens is 2. The van der Waals surface area contributed by atoms with Crippen molar-refractivity contribution in [1.29, 1.82) is 0 Å². The summed E-state index contributed by atoms with van der Waals surface area (Å²) in [7, 11) is 0. The number of hydrazone groups is 1. The van der Waals surface area contributed by atoms with E-state index in [1.165, 1.54) is 5.01 Å². The Bertz CT molecular complexity index is 805. The molecule has 0 aromatic heterocycles. The van der Waals surface area contributed by atoms with Crippen LogP contribution in [0.1, 0.15) is 6.92 Å². The highest BCUT2D eigenvalue weighted by atomic mass is 35.5. The Hall–Kier alpha value is -2.24. The van der Waals surface area contributed by atoms with Gasteiger partial charge in [-0.25, -0.2) is 0 Å². The second-order valence-electron chi connectivity index (χ2n) is 4.94. The maximum atomic E-state index is 12.5. The highest BCUT2D eigenvalue weighted by Gasteiger charge is 2.34. The minimum Gasteiger partial charge on any atom is -0.269 e. The molecule has 0 saturated heterocycles. The molecular weight excluding hydrogens is 335 g/mol. The maximum Gasteiger partial charge on any atom is 0.280 e. The first kappa shape index (κ1) is 15.6. The van der Waals surface area contributed by atoms with Gasteiger partial charge in [0.2, 0.25) is 0 Å². The number of para-hydroxylation sites is 1. The van der Waals surface area contributed by atoms with Crippen molar-refractivity contribution >= 4 is 46.2 Å². The van der Waals surface area contributed by atoms with Gasteiger partial charge in [0.25, 0.3) is 5.91 Å². The lowest BCUT2D eigenvalue weighted by atomic mass is 10.2. The fraction of sp³-hybridized carbons (Fsp3) is 0.125. The first-order valence-electron chi connectivity index (χ1n) is 6.86. The van der Waals surface area contributed by atoms with Crippen molar-refractivity contribution in [3.8, 4) is 0 Å². The SMILES string of the molecule is CC1=NN(c2ccccc2)C(=O)[C@H]1N=Nc1ccc(Cl)cc1Cl. The Labute approximate surface area is 143 Å². The van der Waals surface area contributed by atoms with Gasteiger partial charge in [0.15, 0.2) is 6.04 Å². The lowest BCUT2D eigenvalue weighted by Crippen LogP contribution is -2.29. The Morgan fingerprint density at radius 3 is 2.57 bits per heavy atom. The second-order valence-corrected chi connectivity index (χ2v) is 5.78. The van der Waals surface area contributed by atoms with E-state index in [4.69, 9.17) is 23.2 Å². The first-order chi connectivity index (χ1) is 11.1. The van der Waals surface area contributed by atoms with Crippen LogP contribution < -0.4 is 5.01 Å². The summed E-state index contributed by atoms with van der Waals surface area (Å²) in [5.41, 5.74) is 1.72. The van der Waals surface area contributed by atoms with Crippen LogP contribution in [0.4, 0.5) is 11.4 Å². The summed E-state index contributed by atoms with van der Waals surface area (Å²) >= 11 is 11.9. The molecule has 1 aliphatic heterocycles. The molecule has 23 heavy (non-hydrogen) atoms. The third-order valence-corrected chi connectivity index (χ3v) is 3.83. The Kier molecular flexibility index (Phi) is 4.41. The molecule has 5 nitrogen and oxygen atoms in total. The molecule has 1 atom stereocenters. The highest BCUT2D eigenvalue weighted by Crippen LogP contribution is 2.29. The van der Waals surface area contributed by atoms with Crippen LogP contribution in [0.5, 0.6) is 0 Å². The number of anilines is 1. The van der Waals surface area contributed by atoms with Crippen molar-refractivity contribution in [3.63, 3.8) is 0 Å². The molecule has 1 amide bonds. The Morgan fingerprint density at radius 1 is 1.13 bits per heavy atom. The van der Waals surface area contributed by atoms with Gasteiger partial charge in [-0.3, -0.25) is 4.79 Å². The number of carbonyl (C=O) groups excluding carboxylic acids is 1. The van der Waals surface area contributed by atoms with Crippen LogP contribution in [0, 0.1) is 0 Å². The summed E-state index contributed by atoms with van der Waals surface area (Å²) < 4.78 is 0. The summed E-state index contributed by atoms with van der Waals surface area (Å²) in [6.45, 7) is 1.74. The van der Waals surface area contributed by atoms with E-state index in [0.717, 1.165) is 0 Å². The van der Waals surface area contributed by atoms with Crippen LogP contribution in [0.2, 0.25) is 10.0 Å². The molecule has 1 aliphatic rings. The van der Waals surface area contributed by atoms with Crippen molar-refractivity contribution in [2.75, 3.05) is 5.01 Å². The van der Waals surface area contributed by atoms with Crippen molar-refractivity contribution in [1.82, 2.24) is 0 Å². The topological polar surface area (TPSA) is 57.4 Å². The van der Waals surface area contributed by atoms with Crippen LogP contribution >= 0.6 is 23.2 Å². The number of azo groups is 1. The fourth-order valence-electron chi connectivity index (χ4n) is 2.13. The lowest BCUT2D eigenvalue weighted by molar-refractivity contribution is -0.117. The van der Waals surface area contributed by atoms with Crippen molar-refractivity contribution in [2.24, 2.45) is 15.3 Å². The van der Waals surface area contributed by atoms with Crippen molar-refractivity contribution in [3.05, 3.63) is 58.6 Å². The molecule has 0 fully saturated rings. The van der Waals surface area contributed by atoms with Crippen molar-refractivity contribution in [2.45, 2.75) is 13.0 Å². The van der Waals surface area contributed by atoms with E-state index >= 15 is 0 Å². The van der Waals surface area contributed by atoms with E-state index in [2.05, 4.69) is 15.3 Å². The van der Waals surface area contributed by atoms with Crippen LogP contribution in [-0.4, -0.2) is 17.7 Å². The molecule has 0 unspecified atom stereocenters. The van der Waals surface area contributed by atoms with Gasteiger partial charge >= 0.3 is 0 Å². The molecule has 0 saturated carbocycles. The molecule has 3 rings (SSSR count). The number of hydrogen-bond acceptors (Lipinski definition) is 4. The molecule has 7 heteroatoms. The molecule has 116 valence electrons. The summed E-state index contributed by atoms with van der Waals surface area (Å²) in [5.74, 6) is -0.248. The zero-order valence-corrected chi connectivity index (χ0v) is 13.7.